The number of methoxy groups -OCH3 is 2. The van der Waals surface area contributed by atoms with Crippen molar-refractivity contribution in [3.8, 4) is 23.1 Å². The molecular weight excluding hydrogens is 490 g/mol. The first-order chi connectivity index (χ1) is 18.2. The molecule has 0 spiro atoms. The van der Waals surface area contributed by atoms with Crippen LogP contribution in [0.5, 0.6) is 11.8 Å². The summed E-state index contributed by atoms with van der Waals surface area (Å²) >= 11 is 0. The lowest BCUT2D eigenvalue weighted by Crippen LogP contribution is -2.46. The van der Waals surface area contributed by atoms with E-state index in [1.165, 1.54) is 12.8 Å². The summed E-state index contributed by atoms with van der Waals surface area (Å²) in [7, 11) is 3.10. The van der Waals surface area contributed by atoms with Crippen molar-refractivity contribution in [1.82, 2.24) is 15.0 Å². The van der Waals surface area contributed by atoms with E-state index in [1.54, 1.807) is 20.3 Å². The van der Waals surface area contributed by atoms with Gasteiger partial charge in [-0.05, 0) is 58.4 Å². The molecule has 0 radical (unpaired) electrons. The van der Waals surface area contributed by atoms with E-state index in [9.17, 15) is 5.11 Å². The fourth-order valence-corrected chi connectivity index (χ4v) is 5.65. The standard InChI is InChI=1S/C27H35N5O6/c1-14-20(18-10-17-11-19(34-4)30-24(35-5)21(17)36-18)23(31-25(29-14)28-12-15-6-7-15)32-27-9-8-16(13-33)22(27)37-26(2,3)38-27/h10-11,15-16,22,33H,6-9,12-13H2,1-5H3,(H2,28,29,31,32). The van der Waals surface area contributed by atoms with E-state index in [4.69, 9.17) is 33.3 Å². The number of aromatic nitrogens is 3. The minimum absolute atomic E-state index is 0.0234. The molecule has 3 fully saturated rings. The molecule has 3 aromatic rings. The second-order valence-electron chi connectivity index (χ2n) is 10.9. The van der Waals surface area contributed by atoms with E-state index < -0.39 is 11.5 Å². The molecule has 6 rings (SSSR count). The predicted molar refractivity (Wildman–Crippen MR) is 140 cm³/mol. The van der Waals surface area contributed by atoms with Crippen LogP contribution in [-0.2, 0) is 9.47 Å². The second kappa shape index (κ2) is 9.25. The van der Waals surface area contributed by atoms with E-state index in [0.717, 1.165) is 24.0 Å². The van der Waals surface area contributed by atoms with Crippen molar-refractivity contribution in [3.05, 3.63) is 17.8 Å². The number of nitrogens with zero attached hydrogens (tertiary/aromatic N) is 3. The Balaban J connectivity index is 1.46. The van der Waals surface area contributed by atoms with Gasteiger partial charge in [0.1, 0.15) is 17.7 Å². The van der Waals surface area contributed by atoms with Gasteiger partial charge in [0.2, 0.25) is 11.8 Å². The topological polar surface area (TPSA) is 133 Å². The van der Waals surface area contributed by atoms with Gasteiger partial charge in [0.15, 0.2) is 17.1 Å². The third kappa shape index (κ3) is 4.42. The third-order valence-corrected chi connectivity index (χ3v) is 7.61. The molecule has 0 amide bonds. The maximum Gasteiger partial charge on any atom is 0.261 e. The first kappa shape index (κ1) is 25.1. The van der Waals surface area contributed by atoms with Gasteiger partial charge in [-0.1, -0.05) is 0 Å². The summed E-state index contributed by atoms with van der Waals surface area (Å²) in [6.07, 6.45) is 3.54. The van der Waals surface area contributed by atoms with E-state index in [-0.39, 0.29) is 18.6 Å². The fourth-order valence-electron chi connectivity index (χ4n) is 5.65. The Bertz CT molecular complexity index is 1360. The van der Waals surface area contributed by atoms with Crippen LogP contribution in [0.4, 0.5) is 11.8 Å². The summed E-state index contributed by atoms with van der Waals surface area (Å²) in [4.78, 5) is 14.0. The molecule has 4 heterocycles. The van der Waals surface area contributed by atoms with Crippen molar-refractivity contribution in [2.24, 2.45) is 11.8 Å². The molecule has 2 aliphatic carbocycles. The lowest BCUT2D eigenvalue weighted by atomic mass is 10.0. The number of pyridine rings is 1. The highest BCUT2D eigenvalue weighted by Gasteiger charge is 2.60. The zero-order valence-electron chi connectivity index (χ0n) is 22.5. The second-order valence-corrected chi connectivity index (χ2v) is 10.9. The fraction of sp³-hybridized carbons (Fsp3) is 0.593. The van der Waals surface area contributed by atoms with Crippen molar-refractivity contribution in [2.45, 2.75) is 64.1 Å². The van der Waals surface area contributed by atoms with Crippen molar-refractivity contribution in [1.29, 1.82) is 0 Å². The van der Waals surface area contributed by atoms with Crippen LogP contribution >= 0.6 is 0 Å². The third-order valence-electron chi connectivity index (χ3n) is 7.61. The van der Waals surface area contributed by atoms with Gasteiger partial charge in [-0.15, -0.1) is 0 Å². The predicted octanol–water partition coefficient (Wildman–Crippen LogP) is 4.09. The highest BCUT2D eigenvalue weighted by atomic mass is 16.8. The molecule has 1 aliphatic heterocycles. The van der Waals surface area contributed by atoms with Gasteiger partial charge in [0.05, 0.1) is 25.5 Å². The maximum atomic E-state index is 10.0. The Hall–Kier alpha value is -3.15. The number of rotatable bonds is 9. The summed E-state index contributed by atoms with van der Waals surface area (Å²) in [5.41, 5.74) is 1.09. The molecule has 38 heavy (non-hydrogen) atoms. The summed E-state index contributed by atoms with van der Waals surface area (Å²) in [6, 6.07) is 3.71. The molecule has 0 bridgehead atoms. The first-order valence-corrected chi connectivity index (χ1v) is 13.2. The molecule has 3 atom stereocenters. The highest BCUT2D eigenvalue weighted by Crippen LogP contribution is 2.50. The van der Waals surface area contributed by atoms with Gasteiger partial charge in [-0.25, -0.2) is 4.98 Å². The summed E-state index contributed by atoms with van der Waals surface area (Å²) in [6.45, 7) is 6.58. The number of hydrogen-bond acceptors (Lipinski definition) is 11. The quantitative estimate of drug-likeness (QED) is 0.373. The van der Waals surface area contributed by atoms with E-state index in [1.807, 2.05) is 26.8 Å². The zero-order valence-corrected chi connectivity index (χ0v) is 22.5. The first-order valence-electron chi connectivity index (χ1n) is 13.2. The number of furan rings is 1. The van der Waals surface area contributed by atoms with Gasteiger partial charge < -0.3 is 39.1 Å². The molecule has 0 aromatic carbocycles. The molecule has 1 saturated heterocycles. The molecule has 2 saturated carbocycles. The van der Waals surface area contributed by atoms with Gasteiger partial charge in [0, 0.05) is 30.5 Å². The molecular formula is C27H35N5O6. The van der Waals surface area contributed by atoms with Gasteiger partial charge in [-0.2, -0.15) is 9.97 Å². The van der Waals surface area contributed by atoms with Gasteiger partial charge in [0.25, 0.3) is 5.88 Å². The van der Waals surface area contributed by atoms with Gasteiger partial charge >= 0.3 is 0 Å². The van der Waals surface area contributed by atoms with Crippen LogP contribution in [0.1, 0.15) is 45.2 Å². The average molecular weight is 526 g/mol. The minimum Gasteiger partial charge on any atom is -0.481 e. The lowest BCUT2D eigenvalue weighted by molar-refractivity contribution is -0.168. The number of fused-ring (bicyclic) bond motifs is 2. The van der Waals surface area contributed by atoms with Crippen molar-refractivity contribution in [2.75, 3.05) is 38.0 Å². The molecule has 11 heteroatoms. The van der Waals surface area contributed by atoms with Crippen LogP contribution in [0, 0.1) is 18.8 Å². The van der Waals surface area contributed by atoms with Crippen molar-refractivity contribution >= 4 is 22.7 Å². The Morgan fingerprint density at radius 1 is 1.11 bits per heavy atom. The number of anilines is 2. The van der Waals surface area contributed by atoms with Crippen molar-refractivity contribution in [3.63, 3.8) is 0 Å². The minimum atomic E-state index is -0.852. The number of aliphatic hydroxyl groups excluding tert-OH is 1. The van der Waals surface area contributed by atoms with Crippen LogP contribution in [0.15, 0.2) is 16.5 Å². The average Bonchev–Trinajstić information content (AvgIpc) is 3.44. The normalized spacial score (nSPS) is 25.9. The lowest BCUT2D eigenvalue weighted by Gasteiger charge is -2.31. The number of nitrogens with one attached hydrogen (secondary N) is 2. The Labute approximate surface area is 221 Å². The molecule has 204 valence electrons. The van der Waals surface area contributed by atoms with Crippen LogP contribution in [-0.4, -0.2) is 65.0 Å². The largest absolute Gasteiger partial charge is 0.481 e. The van der Waals surface area contributed by atoms with E-state index >= 15 is 0 Å². The van der Waals surface area contributed by atoms with Crippen LogP contribution in [0.3, 0.4) is 0 Å². The molecule has 3 unspecified atom stereocenters. The Kier molecular flexibility index (Phi) is 6.12. The number of ether oxygens (including phenoxy) is 4. The van der Waals surface area contributed by atoms with E-state index in [0.29, 0.717) is 52.8 Å². The van der Waals surface area contributed by atoms with Crippen molar-refractivity contribution < 1.29 is 28.5 Å². The smallest absolute Gasteiger partial charge is 0.261 e. The van der Waals surface area contributed by atoms with Crippen LogP contribution < -0.4 is 20.1 Å². The number of hydrogen-bond donors (Lipinski definition) is 3. The summed E-state index contributed by atoms with van der Waals surface area (Å²) in [5, 5.41) is 17.8. The number of aryl methyl sites for hydroxylation is 1. The van der Waals surface area contributed by atoms with Gasteiger partial charge in [-0.3, -0.25) is 0 Å². The zero-order chi connectivity index (χ0) is 26.7. The maximum absolute atomic E-state index is 10.0. The molecule has 3 aromatic heterocycles. The Morgan fingerprint density at radius 2 is 1.92 bits per heavy atom. The van der Waals surface area contributed by atoms with Crippen LogP contribution in [0.25, 0.3) is 22.3 Å². The SMILES string of the molecule is COc1cc2cc(-c3c(C)nc(NCC4CC4)nc3NC34CCC(CO)C3OC(C)(C)O4)oc2c(OC)n1. The Morgan fingerprint density at radius 3 is 2.63 bits per heavy atom. The molecule has 3 N–H and O–H groups in total. The summed E-state index contributed by atoms with van der Waals surface area (Å²) in [5.74, 6) is 2.23. The number of aliphatic hydroxyl groups is 1. The van der Waals surface area contributed by atoms with Crippen LogP contribution in [0.2, 0.25) is 0 Å². The monoisotopic (exact) mass is 525 g/mol. The molecule has 3 aliphatic rings. The summed E-state index contributed by atoms with van der Waals surface area (Å²) < 4.78 is 29.9. The molecule has 11 nitrogen and oxygen atoms in total. The van der Waals surface area contributed by atoms with E-state index in [2.05, 4.69) is 15.6 Å². The highest BCUT2D eigenvalue weighted by molar-refractivity contribution is 5.89.